The molecule has 0 unspecified atom stereocenters. The molecule has 0 N–H and O–H groups in total. The summed E-state index contributed by atoms with van der Waals surface area (Å²) in [6.45, 7) is 31.3. The fourth-order valence-corrected chi connectivity index (χ4v) is 11.4. The largest absolute Gasteiger partial charge is 0.509 e. The van der Waals surface area contributed by atoms with E-state index >= 15 is 8.78 Å². The van der Waals surface area contributed by atoms with Gasteiger partial charge in [-0.3, -0.25) is 0 Å². The van der Waals surface area contributed by atoms with Gasteiger partial charge in [-0.1, -0.05) is 174 Å². The molecule has 10 aromatic rings. The third kappa shape index (κ3) is 11.0. The van der Waals surface area contributed by atoms with Crippen LogP contribution in [0, 0.1) is 30.4 Å². The molecule has 0 spiro atoms. The Balaban J connectivity index is 0.00000736. The zero-order chi connectivity index (χ0) is 56.5. The van der Waals surface area contributed by atoms with Gasteiger partial charge < -0.3 is 19.1 Å². The molecular weight excluding hydrogens is 1180 g/mol. The second-order valence-electron chi connectivity index (χ2n) is 24.3. The first kappa shape index (κ1) is 56.9. The van der Waals surface area contributed by atoms with Crippen LogP contribution in [0.2, 0.25) is 0 Å². The van der Waals surface area contributed by atoms with E-state index in [1.807, 2.05) is 36.5 Å². The summed E-state index contributed by atoms with van der Waals surface area (Å²) in [5, 5.41) is 2.15. The van der Waals surface area contributed by atoms with Crippen molar-refractivity contribution in [3.8, 4) is 50.7 Å². The summed E-state index contributed by atoms with van der Waals surface area (Å²) in [6.07, 6.45) is 1.89. The third-order valence-corrected chi connectivity index (χ3v) is 15.8. The maximum atomic E-state index is 15.4. The van der Waals surface area contributed by atoms with Crippen molar-refractivity contribution in [2.45, 2.75) is 125 Å². The van der Waals surface area contributed by atoms with Gasteiger partial charge in [-0.2, -0.15) is 6.07 Å². The van der Waals surface area contributed by atoms with E-state index in [1.54, 1.807) is 0 Å². The number of fused-ring (bicyclic) bond motifs is 4. The van der Waals surface area contributed by atoms with Crippen molar-refractivity contribution < 1.29 is 34.6 Å². The number of aromatic nitrogens is 2. The van der Waals surface area contributed by atoms with Crippen LogP contribution in [0.3, 0.4) is 0 Å². The van der Waals surface area contributed by atoms with Gasteiger partial charge in [0, 0.05) is 78.5 Å². The predicted octanol–water partition coefficient (Wildman–Crippen LogP) is 21.2. The number of halogens is 2. The molecule has 8 aromatic carbocycles. The summed E-state index contributed by atoms with van der Waals surface area (Å²) in [4.78, 5) is 9.30. The van der Waals surface area contributed by atoms with Crippen LogP contribution in [0.25, 0.3) is 61.0 Å². The number of benzene rings is 8. The van der Waals surface area contributed by atoms with Gasteiger partial charge in [0.2, 0.25) is 0 Å². The summed E-state index contributed by atoms with van der Waals surface area (Å²) in [5.41, 5.74) is 17.9. The Morgan fingerprint density at radius 1 is 0.519 bits per heavy atom. The Morgan fingerprint density at radius 3 is 1.70 bits per heavy atom. The van der Waals surface area contributed by atoms with Gasteiger partial charge in [0.25, 0.3) is 0 Å². The number of pyridine rings is 1. The summed E-state index contributed by atoms with van der Waals surface area (Å²) in [5.74, 6) is 1.89. The summed E-state index contributed by atoms with van der Waals surface area (Å²) >= 11 is 0. The van der Waals surface area contributed by atoms with Crippen molar-refractivity contribution in [2.75, 3.05) is 9.80 Å². The number of rotatable bonds is 13. The second-order valence-corrected chi connectivity index (χ2v) is 24.3. The number of nitrogens with zero attached hydrogens (tertiary/aromatic N) is 4. The fraction of sp³-hybridized carbons (Fsp3) is 0.260. The van der Waals surface area contributed by atoms with Gasteiger partial charge in [-0.05, 0) is 133 Å². The minimum absolute atomic E-state index is 0. The van der Waals surface area contributed by atoms with Crippen LogP contribution in [-0.2, 0) is 26.5 Å². The smallest absolute Gasteiger partial charge is 0.135 e. The van der Waals surface area contributed by atoms with E-state index in [9.17, 15) is 0 Å². The molecule has 0 radical (unpaired) electrons. The summed E-state index contributed by atoms with van der Waals surface area (Å²) in [7, 11) is 0. The first-order valence-electron chi connectivity index (χ1n) is 28.3. The average Bonchev–Trinajstić information content (AvgIpc) is 4.14. The van der Waals surface area contributed by atoms with Crippen molar-refractivity contribution in [1.29, 1.82) is 0 Å². The second kappa shape index (κ2) is 22.5. The molecule has 0 saturated carbocycles. The maximum absolute atomic E-state index is 15.4. The topological polar surface area (TPSA) is 33.5 Å². The Bertz CT molecular complexity index is 3920. The minimum atomic E-state index is -0.640. The maximum Gasteiger partial charge on any atom is 0.135 e. The van der Waals surface area contributed by atoms with E-state index in [0.29, 0.717) is 28.5 Å². The van der Waals surface area contributed by atoms with Crippen molar-refractivity contribution >= 4 is 44.6 Å². The van der Waals surface area contributed by atoms with Crippen LogP contribution in [0.5, 0.6) is 11.5 Å². The predicted molar refractivity (Wildman–Crippen MR) is 330 cm³/mol. The molecular formula is C73H71F2N4OPt-3. The molecule has 416 valence electrons. The van der Waals surface area contributed by atoms with E-state index in [4.69, 9.17) is 9.72 Å². The van der Waals surface area contributed by atoms with Gasteiger partial charge in [0.1, 0.15) is 17.5 Å². The quantitative estimate of drug-likeness (QED) is 0.108. The van der Waals surface area contributed by atoms with Crippen molar-refractivity contribution in [1.82, 2.24) is 9.55 Å². The molecule has 0 saturated heterocycles. The molecule has 5 nitrogen and oxygen atoms in total. The number of hydrogen-bond acceptors (Lipinski definition) is 4. The van der Waals surface area contributed by atoms with E-state index in [2.05, 4.69) is 226 Å². The molecule has 0 atom stereocenters. The van der Waals surface area contributed by atoms with Gasteiger partial charge >= 0.3 is 0 Å². The molecule has 8 heteroatoms. The molecule has 0 bridgehead atoms. The summed E-state index contributed by atoms with van der Waals surface area (Å²) in [6, 6.07) is 58.5. The first-order valence-corrected chi connectivity index (χ1v) is 28.3. The van der Waals surface area contributed by atoms with Crippen LogP contribution >= 0.6 is 0 Å². The Hall–Kier alpha value is -7.34. The van der Waals surface area contributed by atoms with Crippen LogP contribution in [0.15, 0.2) is 158 Å². The Kier molecular flexibility index (Phi) is 15.8. The van der Waals surface area contributed by atoms with Crippen molar-refractivity contribution in [3.05, 3.63) is 222 Å². The first-order chi connectivity index (χ1) is 38.2. The number of para-hydroxylation sites is 4. The Labute approximate surface area is 492 Å². The molecule has 0 amide bonds. The van der Waals surface area contributed by atoms with Crippen LogP contribution < -0.4 is 14.5 Å². The van der Waals surface area contributed by atoms with Gasteiger partial charge in [0.15, 0.2) is 0 Å². The van der Waals surface area contributed by atoms with Gasteiger partial charge in [0.05, 0.1) is 0 Å². The molecule has 1 aliphatic heterocycles. The van der Waals surface area contributed by atoms with E-state index in [0.717, 1.165) is 73.1 Å². The van der Waals surface area contributed by atoms with Gasteiger partial charge in [-0.15, -0.1) is 53.6 Å². The molecule has 11 rings (SSSR count). The zero-order valence-electron chi connectivity index (χ0n) is 48.7. The number of ether oxygens (including phenoxy) is 1. The molecule has 0 aliphatic carbocycles. The monoisotopic (exact) mass is 1250 g/mol. The van der Waals surface area contributed by atoms with Crippen LogP contribution in [-0.4, -0.2) is 9.55 Å². The third-order valence-electron chi connectivity index (χ3n) is 15.8. The van der Waals surface area contributed by atoms with Crippen LogP contribution in [0.1, 0.15) is 153 Å². The Morgan fingerprint density at radius 2 is 1.10 bits per heavy atom. The standard InChI is InChI=1S/C73H71F2N4O.Pt/c1-43(2)48-29-49(44(3)4)31-51(30-48)60-20-18-21-61(52-32-55(74)39-56(75)33-52)72(60)78-42-77(67-23-16-17-24-68(67)78)57-34-53(71-64(46(7)8)36-50(45(5)6)37-65(71)47(9)10)35-59(40-57)80-58-25-26-63-62-19-14-15-22-66(62)79(69(63)41-58)70-38-54(27-28-76-70)73(11,12)13;/h14-39,42-47H,1-13H3;/q-3;. The van der Waals surface area contributed by atoms with Crippen LogP contribution in [0.4, 0.5) is 31.5 Å². The number of anilines is 4. The summed E-state index contributed by atoms with van der Waals surface area (Å²) < 4.78 is 40.2. The zero-order valence-corrected chi connectivity index (χ0v) is 51.0. The molecule has 3 heterocycles. The molecule has 1 aliphatic rings. The molecule has 2 aromatic heterocycles. The fourth-order valence-electron chi connectivity index (χ4n) is 11.4. The van der Waals surface area contributed by atoms with E-state index < -0.39 is 11.6 Å². The van der Waals surface area contributed by atoms with Crippen molar-refractivity contribution in [2.24, 2.45) is 0 Å². The van der Waals surface area contributed by atoms with Gasteiger partial charge in [-0.25, -0.2) is 13.8 Å². The van der Waals surface area contributed by atoms with E-state index in [1.165, 1.54) is 51.1 Å². The minimum Gasteiger partial charge on any atom is -0.509 e. The molecule has 81 heavy (non-hydrogen) atoms. The van der Waals surface area contributed by atoms with Crippen molar-refractivity contribution in [3.63, 3.8) is 0 Å². The number of hydrogen-bond donors (Lipinski definition) is 0. The molecule has 0 fully saturated rings. The normalized spacial score (nSPS) is 12.7. The average molecular weight is 1250 g/mol. The van der Waals surface area contributed by atoms with E-state index in [-0.39, 0.29) is 50.2 Å². The SMILES string of the molecule is CC(C)c1cc(-c2cccc(-c3cc(F)cc(F)c3)c2N2[CH-]N(c3[c-]c(Oc4[c-]c5c(cc4)c4ccccc4n5-c4cc(C(C)(C)C)ccn4)cc(-c4c(C(C)C)cc(C(C)C)cc4C(C)C)c3)c3ccccc32)cc(C(C)C)c1.[Pt].